The smallest absolute Gasteiger partial charge is 0.293 e. The van der Waals surface area contributed by atoms with Crippen LogP contribution < -0.4 is 0 Å². The number of carbonyl (C=O) groups is 1. The second-order valence-corrected chi connectivity index (χ2v) is 4.40. The molecule has 88 valence electrons. The van der Waals surface area contributed by atoms with Crippen molar-refractivity contribution in [1.82, 2.24) is 0 Å². The van der Waals surface area contributed by atoms with Crippen LogP contribution in [-0.2, 0) is 6.18 Å². The number of benzene rings is 1. The van der Waals surface area contributed by atoms with E-state index in [-0.39, 0.29) is 9.50 Å². The molecule has 0 atom stereocenters. The molecule has 0 bridgehead atoms. The van der Waals surface area contributed by atoms with Gasteiger partial charge < -0.3 is 0 Å². The SMILES string of the molecule is O=C(CCl)c1cc(Br)c(Cl)cc1C(F)(F)F. The lowest BCUT2D eigenvalue weighted by Gasteiger charge is -2.12. The van der Waals surface area contributed by atoms with Crippen LogP contribution in [0, 0.1) is 0 Å². The Bertz CT molecular complexity index is 431. The number of ketones is 1. The number of rotatable bonds is 2. The average Bonchev–Trinajstić information content (AvgIpc) is 2.18. The third-order valence-corrected chi connectivity index (χ3v) is 3.23. The van der Waals surface area contributed by atoms with Gasteiger partial charge in [0.05, 0.1) is 16.5 Å². The van der Waals surface area contributed by atoms with E-state index in [9.17, 15) is 18.0 Å². The summed E-state index contributed by atoms with van der Waals surface area (Å²) >= 11 is 13.7. The van der Waals surface area contributed by atoms with Gasteiger partial charge in [0, 0.05) is 10.0 Å². The van der Waals surface area contributed by atoms with E-state index in [2.05, 4.69) is 15.9 Å². The maximum atomic E-state index is 12.6. The third-order valence-electron chi connectivity index (χ3n) is 1.79. The van der Waals surface area contributed by atoms with Crippen molar-refractivity contribution in [3.63, 3.8) is 0 Å². The largest absolute Gasteiger partial charge is 0.417 e. The molecule has 0 unspecified atom stereocenters. The Morgan fingerprint density at radius 1 is 1.38 bits per heavy atom. The van der Waals surface area contributed by atoms with Crippen LogP contribution in [0.15, 0.2) is 16.6 Å². The molecule has 0 spiro atoms. The summed E-state index contributed by atoms with van der Waals surface area (Å²) in [6.45, 7) is 0. The van der Waals surface area contributed by atoms with Crippen molar-refractivity contribution >= 4 is 44.9 Å². The molecule has 1 aromatic rings. The van der Waals surface area contributed by atoms with Gasteiger partial charge in [-0.2, -0.15) is 13.2 Å². The molecule has 0 aliphatic heterocycles. The molecule has 16 heavy (non-hydrogen) atoms. The highest BCUT2D eigenvalue weighted by atomic mass is 79.9. The number of halogens is 6. The Labute approximate surface area is 108 Å². The molecule has 0 N–H and O–H groups in total. The number of hydrogen-bond acceptors (Lipinski definition) is 1. The van der Waals surface area contributed by atoms with E-state index in [1.54, 1.807) is 0 Å². The fraction of sp³-hybridized carbons (Fsp3) is 0.222. The van der Waals surface area contributed by atoms with Crippen molar-refractivity contribution < 1.29 is 18.0 Å². The first-order chi connectivity index (χ1) is 7.27. The van der Waals surface area contributed by atoms with Crippen LogP contribution in [0.3, 0.4) is 0 Å². The first kappa shape index (κ1) is 13.8. The quantitative estimate of drug-likeness (QED) is 0.572. The van der Waals surface area contributed by atoms with Gasteiger partial charge in [0.25, 0.3) is 0 Å². The lowest BCUT2D eigenvalue weighted by atomic mass is 10.0. The zero-order chi connectivity index (χ0) is 12.5. The van der Waals surface area contributed by atoms with Crippen LogP contribution in [0.1, 0.15) is 15.9 Å². The summed E-state index contributed by atoms with van der Waals surface area (Å²) in [4.78, 5) is 11.2. The molecule has 1 nitrogen and oxygen atoms in total. The Morgan fingerprint density at radius 2 is 1.94 bits per heavy atom. The molecular weight excluding hydrogens is 332 g/mol. The van der Waals surface area contributed by atoms with E-state index in [0.717, 1.165) is 6.07 Å². The lowest BCUT2D eigenvalue weighted by Crippen LogP contribution is -2.14. The number of Topliss-reactive ketones (excluding diaryl/α,β-unsaturated/α-hetero) is 1. The molecule has 7 heteroatoms. The second-order valence-electron chi connectivity index (χ2n) is 2.87. The lowest BCUT2D eigenvalue weighted by molar-refractivity contribution is -0.137. The molecule has 0 saturated carbocycles. The highest BCUT2D eigenvalue weighted by Crippen LogP contribution is 2.37. The van der Waals surface area contributed by atoms with Crippen molar-refractivity contribution in [3.8, 4) is 0 Å². The van der Waals surface area contributed by atoms with E-state index in [1.165, 1.54) is 0 Å². The van der Waals surface area contributed by atoms with Crippen LogP contribution in [0.4, 0.5) is 13.2 Å². The van der Waals surface area contributed by atoms with Crippen LogP contribution in [0.5, 0.6) is 0 Å². The van der Waals surface area contributed by atoms with Crippen molar-refractivity contribution in [2.75, 3.05) is 5.88 Å². The minimum Gasteiger partial charge on any atom is -0.293 e. The second kappa shape index (κ2) is 4.94. The van der Waals surface area contributed by atoms with Gasteiger partial charge in [0.15, 0.2) is 5.78 Å². The van der Waals surface area contributed by atoms with Gasteiger partial charge in [0.1, 0.15) is 0 Å². The predicted octanol–water partition coefficient (Wildman–Crippen LogP) is 4.54. The molecule has 0 aromatic heterocycles. The molecule has 0 radical (unpaired) electrons. The summed E-state index contributed by atoms with van der Waals surface area (Å²) in [5.74, 6) is -1.32. The molecule has 0 fully saturated rings. The molecule has 0 heterocycles. The summed E-state index contributed by atoms with van der Waals surface area (Å²) in [6, 6.07) is 1.72. The molecule has 1 aromatic carbocycles. The minimum atomic E-state index is -4.64. The Morgan fingerprint density at radius 3 is 2.38 bits per heavy atom. The normalized spacial score (nSPS) is 11.6. The van der Waals surface area contributed by atoms with E-state index in [4.69, 9.17) is 23.2 Å². The van der Waals surface area contributed by atoms with Gasteiger partial charge in [0.2, 0.25) is 0 Å². The minimum absolute atomic E-state index is 0.113. The van der Waals surface area contributed by atoms with Crippen LogP contribution in [-0.4, -0.2) is 11.7 Å². The highest BCUT2D eigenvalue weighted by Gasteiger charge is 2.35. The first-order valence-corrected chi connectivity index (χ1v) is 5.63. The van der Waals surface area contributed by atoms with Crippen LogP contribution in [0.25, 0.3) is 0 Å². The monoisotopic (exact) mass is 334 g/mol. The Kier molecular flexibility index (Phi) is 4.26. The molecular formula is C9H4BrCl2F3O. The van der Waals surface area contributed by atoms with Crippen LogP contribution in [0.2, 0.25) is 5.02 Å². The fourth-order valence-electron chi connectivity index (χ4n) is 1.08. The van der Waals surface area contributed by atoms with Crippen LogP contribution >= 0.6 is 39.1 Å². The van der Waals surface area contributed by atoms with Crippen molar-refractivity contribution in [2.45, 2.75) is 6.18 Å². The van der Waals surface area contributed by atoms with Gasteiger partial charge in [-0.3, -0.25) is 4.79 Å². The molecule has 0 aliphatic rings. The van der Waals surface area contributed by atoms with Gasteiger partial charge in [-0.1, -0.05) is 11.6 Å². The number of carbonyl (C=O) groups excluding carboxylic acids is 1. The van der Waals surface area contributed by atoms with E-state index < -0.39 is 29.0 Å². The number of alkyl halides is 4. The fourth-order valence-corrected chi connectivity index (χ4v) is 1.74. The zero-order valence-corrected chi connectivity index (χ0v) is 10.6. The van der Waals surface area contributed by atoms with E-state index in [1.807, 2.05) is 0 Å². The molecule has 0 amide bonds. The molecule has 1 rings (SSSR count). The summed E-state index contributed by atoms with van der Waals surface area (Å²) in [5, 5.41) is -0.113. The Hall–Kier alpha value is -0.260. The molecule has 0 aliphatic carbocycles. The summed E-state index contributed by atoms with van der Waals surface area (Å²) in [5.41, 5.74) is -1.56. The summed E-state index contributed by atoms with van der Waals surface area (Å²) in [6.07, 6.45) is -4.64. The highest BCUT2D eigenvalue weighted by molar-refractivity contribution is 9.10. The average molecular weight is 336 g/mol. The topological polar surface area (TPSA) is 17.1 Å². The van der Waals surface area contributed by atoms with E-state index in [0.29, 0.717) is 6.07 Å². The summed E-state index contributed by atoms with van der Waals surface area (Å²) < 4.78 is 38.0. The van der Waals surface area contributed by atoms with Crippen molar-refractivity contribution in [1.29, 1.82) is 0 Å². The van der Waals surface area contributed by atoms with Gasteiger partial charge in [-0.05, 0) is 28.1 Å². The summed E-state index contributed by atoms with van der Waals surface area (Å²) in [7, 11) is 0. The van der Waals surface area contributed by atoms with Gasteiger partial charge in [-0.25, -0.2) is 0 Å². The van der Waals surface area contributed by atoms with Crippen molar-refractivity contribution in [2.24, 2.45) is 0 Å². The first-order valence-electron chi connectivity index (χ1n) is 3.92. The van der Waals surface area contributed by atoms with Crippen molar-refractivity contribution in [3.05, 3.63) is 32.8 Å². The Balaban J connectivity index is 3.45. The van der Waals surface area contributed by atoms with E-state index >= 15 is 0 Å². The standard InChI is InChI=1S/C9H4BrCl2F3O/c10-6-1-4(8(16)3-11)5(2-7(6)12)9(13,14)15/h1-2H,3H2. The van der Waals surface area contributed by atoms with Gasteiger partial charge in [-0.15, -0.1) is 11.6 Å². The maximum Gasteiger partial charge on any atom is 0.417 e. The third kappa shape index (κ3) is 2.90. The molecule has 0 saturated heterocycles. The maximum absolute atomic E-state index is 12.6. The zero-order valence-electron chi connectivity index (χ0n) is 7.54. The number of hydrogen-bond donors (Lipinski definition) is 0. The predicted molar refractivity (Wildman–Crippen MR) is 59.2 cm³/mol. The van der Waals surface area contributed by atoms with Gasteiger partial charge >= 0.3 is 6.18 Å².